The third kappa shape index (κ3) is 1.06. The van der Waals surface area contributed by atoms with E-state index < -0.39 is 0 Å². The van der Waals surface area contributed by atoms with Crippen LogP contribution in [-0.2, 0) is 0 Å². The van der Waals surface area contributed by atoms with Gasteiger partial charge in [-0.15, -0.1) is 0 Å². The third-order valence-corrected chi connectivity index (χ3v) is 2.79. The highest BCUT2D eigenvalue weighted by molar-refractivity contribution is 4.85. The Hall–Kier alpha value is -0.0800. The van der Waals surface area contributed by atoms with Gasteiger partial charge in [-0.25, -0.2) is 0 Å². The summed E-state index contributed by atoms with van der Waals surface area (Å²) in [6.07, 6.45) is 5.10. The van der Waals surface area contributed by atoms with Crippen LogP contribution in [0.5, 0.6) is 0 Å². The van der Waals surface area contributed by atoms with Crippen molar-refractivity contribution in [2.75, 3.05) is 13.1 Å². The summed E-state index contributed by atoms with van der Waals surface area (Å²) in [4.78, 5) is 2.44. The molecule has 10 heavy (non-hydrogen) atoms. The molecule has 1 N–H and O–H groups in total. The highest BCUT2D eigenvalue weighted by atomic mass is 16.3. The number of aliphatic hydroxyl groups excluding tert-OH is 1. The molecule has 1 saturated heterocycles. The van der Waals surface area contributed by atoms with Gasteiger partial charge in [0, 0.05) is 19.1 Å². The van der Waals surface area contributed by atoms with Gasteiger partial charge in [-0.2, -0.15) is 0 Å². The molecule has 2 heteroatoms. The summed E-state index contributed by atoms with van der Waals surface area (Å²) in [6, 6.07) is 0.831. The van der Waals surface area contributed by atoms with E-state index in [0.29, 0.717) is 0 Å². The van der Waals surface area contributed by atoms with Crippen LogP contribution in [0.25, 0.3) is 0 Å². The SMILES string of the molecule is OC1CCN(C2CCC2)C1. The fourth-order valence-electron chi connectivity index (χ4n) is 1.85. The first-order valence-electron chi connectivity index (χ1n) is 4.28. The molecule has 0 amide bonds. The highest BCUT2D eigenvalue weighted by Crippen LogP contribution is 2.27. The zero-order chi connectivity index (χ0) is 6.97. The summed E-state index contributed by atoms with van der Waals surface area (Å²) < 4.78 is 0. The lowest BCUT2D eigenvalue weighted by Gasteiger charge is -2.34. The Bertz CT molecular complexity index is 122. The van der Waals surface area contributed by atoms with Crippen LogP contribution in [0.3, 0.4) is 0 Å². The van der Waals surface area contributed by atoms with Crippen LogP contribution in [0.1, 0.15) is 25.7 Å². The van der Waals surface area contributed by atoms with Crippen molar-refractivity contribution in [3.63, 3.8) is 0 Å². The molecule has 2 fully saturated rings. The van der Waals surface area contributed by atoms with Crippen LogP contribution < -0.4 is 0 Å². The molecule has 0 aromatic heterocycles. The predicted octanol–water partition coefficient (Wildman–Crippen LogP) is 0.606. The van der Waals surface area contributed by atoms with E-state index in [4.69, 9.17) is 0 Å². The van der Waals surface area contributed by atoms with E-state index in [1.165, 1.54) is 19.3 Å². The summed E-state index contributed by atoms with van der Waals surface area (Å²) in [5, 5.41) is 9.23. The van der Waals surface area contributed by atoms with Crippen LogP contribution in [0.4, 0.5) is 0 Å². The number of hydrogen-bond donors (Lipinski definition) is 1. The maximum atomic E-state index is 9.23. The smallest absolute Gasteiger partial charge is 0.0679 e. The summed E-state index contributed by atoms with van der Waals surface area (Å²) in [5.41, 5.74) is 0. The zero-order valence-corrected chi connectivity index (χ0v) is 6.29. The average molecular weight is 141 g/mol. The quantitative estimate of drug-likeness (QED) is 0.578. The van der Waals surface area contributed by atoms with E-state index in [-0.39, 0.29) is 6.10 Å². The number of aliphatic hydroxyl groups is 1. The first-order valence-corrected chi connectivity index (χ1v) is 4.28. The van der Waals surface area contributed by atoms with Gasteiger partial charge in [0.2, 0.25) is 0 Å². The van der Waals surface area contributed by atoms with E-state index in [2.05, 4.69) is 4.90 Å². The second kappa shape index (κ2) is 2.51. The maximum absolute atomic E-state index is 9.23. The van der Waals surface area contributed by atoms with Crippen molar-refractivity contribution in [1.29, 1.82) is 0 Å². The molecule has 1 atom stereocenters. The van der Waals surface area contributed by atoms with E-state index in [1.807, 2.05) is 0 Å². The molecule has 2 aliphatic rings. The largest absolute Gasteiger partial charge is 0.392 e. The van der Waals surface area contributed by atoms with Crippen molar-refractivity contribution in [3.8, 4) is 0 Å². The van der Waals surface area contributed by atoms with Gasteiger partial charge in [-0.05, 0) is 19.3 Å². The molecule has 0 aromatic carbocycles. The molecule has 1 aliphatic carbocycles. The Balaban J connectivity index is 1.82. The fourth-order valence-corrected chi connectivity index (χ4v) is 1.85. The average Bonchev–Trinajstić information content (AvgIpc) is 2.10. The number of likely N-dealkylation sites (tertiary alicyclic amines) is 1. The topological polar surface area (TPSA) is 23.5 Å². The lowest BCUT2D eigenvalue weighted by Crippen LogP contribution is -2.38. The van der Waals surface area contributed by atoms with Gasteiger partial charge >= 0.3 is 0 Å². The van der Waals surface area contributed by atoms with Gasteiger partial charge in [0.05, 0.1) is 6.10 Å². The molecule has 2 rings (SSSR count). The Kier molecular flexibility index (Phi) is 1.66. The molecule has 1 unspecified atom stereocenters. The summed E-state index contributed by atoms with van der Waals surface area (Å²) in [7, 11) is 0. The molecule has 0 spiro atoms. The summed E-state index contributed by atoms with van der Waals surface area (Å²) in [6.45, 7) is 2.07. The van der Waals surface area contributed by atoms with Crippen molar-refractivity contribution in [2.24, 2.45) is 0 Å². The molecular formula is C8H15NO. The van der Waals surface area contributed by atoms with E-state index in [9.17, 15) is 5.11 Å². The Morgan fingerprint density at radius 3 is 2.40 bits per heavy atom. The van der Waals surface area contributed by atoms with Crippen molar-refractivity contribution in [2.45, 2.75) is 37.8 Å². The third-order valence-electron chi connectivity index (χ3n) is 2.79. The standard InChI is InChI=1S/C8H15NO/c10-8-4-5-9(6-8)7-2-1-3-7/h7-8,10H,1-6H2. The number of rotatable bonds is 1. The second-order valence-corrected chi connectivity index (χ2v) is 3.52. The van der Waals surface area contributed by atoms with E-state index >= 15 is 0 Å². The van der Waals surface area contributed by atoms with Crippen LogP contribution in [0.15, 0.2) is 0 Å². The number of nitrogens with zero attached hydrogens (tertiary/aromatic N) is 1. The van der Waals surface area contributed by atoms with Gasteiger partial charge in [-0.3, -0.25) is 4.90 Å². The normalized spacial score (nSPS) is 36.3. The number of β-amino-alcohol motifs (C(OH)–C–C–N with tert-alkyl or cyclic N) is 1. The van der Waals surface area contributed by atoms with Crippen molar-refractivity contribution < 1.29 is 5.11 Å². The first-order chi connectivity index (χ1) is 4.86. The Morgan fingerprint density at radius 1 is 1.20 bits per heavy atom. The first kappa shape index (κ1) is 6.62. The Labute approximate surface area is 61.8 Å². The molecular weight excluding hydrogens is 126 g/mol. The zero-order valence-electron chi connectivity index (χ0n) is 6.29. The molecule has 1 saturated carbocycles. The molecule has 1 heterocycles. The highest BCUT2D eigenvalue weighted by Gasteiger charge is 2.30. The molecule has 0 aromatic rings. The van der Waals surface area contributed by atoms with Crippen LogP contribution in [0, 0.1) is 0 Å². The van der Waals surface area contributed by atoms with Crippen molar-refractivity contribution in [3.05, 3.63) is 0 Å². The van der Waals surface area contributed by atoms with Gasteiger partial charge in [0.15, 0.2) is 0 Å². The molecule has 0 bridgehead atoms. The lowest BCUT2D eigenvalue weighted by molar-refractivity contribution is 0.124. The van der Waals surface area contributed by atoms with E-state index in [1.54, 1.807) is 0 Å². The summed E-state index contributed by atoms with van der Waals surface area (Å²) in [5.74, 6) is 0. The van der Waals surface area contributed by atoms with Gasteiger partial charge in [0.1, 0.15) is 0 Å². The molecule has 2 nitrogen and oxygen atoms in total. The Morgan fingerprint density at radius 2 is 2.00 bits per heavy atom. The summed E-state index contributed by atoms with van der Waals surface area (Å²) >= 11 is 0. The van der Waals surface area contributed by atoms with Gasteiger partial charge < -0.3 is 5.11 Å². The maximum Gasteiger partial charge on any atom is 0.0679 e. The van der Waals surface area contributed by atoms with E-state index in [0.717, 1.165) is 25.6 Å². The minimum atomic E-state index is -0.0272. The lowest BCUT2D eigenvalue weighted by atomic mass is 9.92. The van der Waals surface area contributed by atoms with Crippen molar-refractivity contribution in [1.82, 2.24) is 4.90 Å². The van der Waals surface area contributed by atoms with Gasteiger partial charge in [-0.1, -0.05) is 6.42 Å². The monoisotopic (exact) mass is 141 g/mol. The van der Waals surface area contributed by atoms with Gasteiger partial charge in [0.25, 0.3) is 0 Å². The van der Waals surface area contributed by atoms with Crippen molar-refractivity contribution >= 4 is 0 Å². The minimum absolute atomic E-state index is 0.0272. The number of hydrogen-bond acceptors (Lipinski definition) is 2. The fraction of sp³-hybridized carbons (Fsp3) is 1.00. The molecule has 58 valence electrons. The molecule has 1 aliphatic heterocycles. The predicted molar refractivity (Wildman–Crippen MR) is 39.8 cm³/mol. The minimum Gasteiger partial charge on any atom is -0.392 e. The van der Waals surface area contributed by atoms with Crippen LogP contribution in [0.2, 0.25) is 0 Å². The second-order valence-electron chi connectivity index (χ2n) is 3.52. The van der Waals surface area contributed by atoms with Crippen LogP contribution in [-0.4, -0.2) is 35.2 Å². The molecule has 0 radical (unpaired) electrons. The van der Waals surface area contributed by atoms with Crippen LogP contribution >= 0.6 is 0 Å².